The predicted molar refractivity (Wildman–Crippen MR) is 59.8 cm³/mol. The molecule has 0 aromatic heterocycles. The van der Waals surface area contributed by atoms with E-state index >= 15 is 0 Å². The number of hydrogen-bond donors (Lipinski definition) is 1. The van der Waals surface area contributed by atoms with E-state index in [-0.39, 0.29) is 0 Å². The first-order valence-corrected chi connectivity index (χ1v) is 5.12. The summed E-state index contributed by atoms with van der Waals surface area (Å²) in [7, 11) is 0. The second kappa shape index (κ2) is 5.01. The summed E-state index contributed by atoms with van der Waals surface area (Å²) in [4.78, 5) is 0. The summed E-state index contributed by atoms with van der Waals surface area (Å²) in [5.41, 5.74) is 9.31. The first kappa shape index (κ1) is 11.1. The van der Waals surface area contributed by atoms with Crippen LogP contribution in [0.4, 0.5) is 0 Å². The zero-order valence-electron chi connectivity index (χ0n) is 9.26. The lowest BCUT2D eigenvalue weighted by atomic mass is 10.0. The van der Waals surface area contributed by atoms with Crippen LogP contribution in [0.5, 0.6) is 5.75 Å². The molecule has 0 saturated carbocycles. The molecular formula is C12H19NO. The SMILES string of the molecule is CCOc1c(C)ccc(C)c1CCN. The molecule has 0 heterocycles. The topological polar surface area (TPSA) is 35.2 Å². The second-order valence-corrected chi connectivity index (χ2v) is 3.48. The van der Waals surface area contributed by atoms with Gasteiger partial charge in [0, 0.05) is 0 Å². The zero-order valence-corrected chi connectivity index (χ0v) is 9.26. The molecule has 78 valence electrons. The van der Waals surface area contributed by atoms with Crippen LogP contribution in [-0.2, 0) is 6.42 Å². The number of hydrogen-bond acceptors (Lipinski definition) is 2. The third-order valence-corrected chi connectivity index (χ3v) is 2.37. The highest BCUT2D eigenvalue weighted by Gasteiger charge is 2.08. The summed E-state index contributed by atoms with van der Waals surface area (Å²) in [5.74, 6) is 1.03. The van der Waals surface area contributed by atoms with Crippen LogP contribution in [-0.4, -0.2) is 13.2 Å². The fourth-order valence-corrected chi connectivity index (χ4v) is 1.64. The number of rotatable bonds is 4. The molecule has 0 bridgehead atoms. The van der Waals surface area contributed by atoms with Crippen molar-refractivity contribution in [2.24, 2.45) is 5.73 Å². The van der Waals surface area contributed by atoms with Gasteiger partial charge in [0.1, 0.15) is 5.75 Å². The molecular weight excluding hydrogens is 174 g/mol. The summed E-state index contributed by atoms with van der Waals surface area (Å²) in [5, 5.41) is 0. The molecule has 0 unspecified atom stereocenters. The quantitative estimate of drug-likeness (QED) is 0.795. The van der Waals surface area contributed by atoms with Crippen molar-refractivity contribution in [2.75, 3.05) is 13.2 Å². The van der Waals surface area contributed by atoms with Crippen LogP contribution in [0, 0.1) is 13.8 Å². The molecule has 0 atom stereocenters. The molecule has 2 nitrogen and oxygen atoms in total. The molecule has 14 heavy (non-hydrogen) atoms. The van der Waals surface area contributed by atoms with E-state index in [9.17, 15) is 0 Å². The Morgan fingerprint density at radius 3 is 2.43 bits per heavy atom. The summed E-state index contributed by atoms with van der Waals surface area (Å²) < 4.78 is 5.65. The zero-order chi connectivity index (χ0) is 10.6. The Hall–Kier alpha value is -1.02. The Balaban J connectivity index is 3.12. The maximum Gasteiger partial charge on any atom is 0.125 e. The lowest BCUT2D eigenvalue weighted by Crippen LogP contribution is -2.08. The van der Waals surface area contributed by atoms with E-state index in [1.54, 1.807) is 0 Å². The van der Waals surface area contributed by atoms with Gasteiger partial charge in [0.15, 0.2) is 0 Å². The molecule has 0 aliphatic rings. The first-order chi connectivity index (χ1) is 6.70. The Labute approximate surface area is 86.1 Å². The van der Waals surface area contributed by atoms with E-state index in [1.165, 1.54) is 16.7 Å². The van der Waals surface area contributed by atoms with Crippen molar-refractivity contribution in [3.05, 3.63) is 28.8 Å². The minimum Gasteiger partial charge on any atom is -0.493 e. The van der Waals surface area contributed by atoms with Gasteiger partial charge < -0.3 is 10.5 Å². The van der Waals surface area contributed by atoms with Gasteiger partial charge in [-0.3, -0.25) is 0 Å². The highest BCUT2D eigenvalue weighted by atomic mass is 16.5. The Morgan fingerprint density at radius 1 is 1.21 bits per heavy atom. The van der Waals surface area contributed by atoms with Crippen molar-refractivity contribution >= 4 is 0 Å². The van der Waals surface area contributed by atoms with Crippen molar-refractivity contribution in [2.45, 2.75) is 27.2 Å². The molecule has 0 aliphatic carbocycles. The maximum atomic E-state index is 5.65. The Morgan fingerprint density at radius 2 is 1.86 bits per heavy atom. The van der Waals surface area contributed by atoms with Crippen LogP contribution in [0.2, 0.25) is 0 Å². The summed E-state index contributed by atoms with van der Waals surface area (Å²) >= 11 is 0. The van der Waals surface area contributed by atoms with Crippen LogP contribution in [0.1, 0.15) is 23.6 Å². The van der Waals surface area contributed by atoms with E-state index in [1.807, 2.05) is 6.92 Å². The standard InChI is InChI=1S/C12H19NO/c1-4-14-12-10(3)6-5-9(2)11(12)7-8-13/h5-6H,4,7-8,13H2,1-3H3. The largest absolute Gasteiger partial charge is 0.493 e. The average Bonchev–Trinajstić information content (AvgIpc) is 2.17. The monoisotopic (exact) mass is 193 g/mol. The van der Waals surface area contributed by atoms with Crippen molar-refractivity contribution in [3.8, 4) is 5.75 Å². The Kier molecular flexibility index (Phi) is 3.96. The molecule has 0 aliphatic heterocycles. The first-order valence-electron chi connectivity index (χ1n) is 5.12. The fraction of sp³-hybridized carbons (Fsp3) is 0.500. The van der Waals surface area contributed by atoms with Gasteiger partial charge in [0.05, 0.1) is 6.61 Å². The van der Waals surface area contributed by atoms with Crippen LogP contribution in [0.25, 0.3) is 0 Å². The average molecular weight is 193 g/mol. The molecule has 0 radical (unpaired) electrons. The number of ether oxygens (including phenoxy) is 1. The second-order valence-electron chi connectivity index (χ2n) is 3.48. The summed E-state index contributed by atoms with van der Waals surface area (Å²) in [6, 6.07) is 4.23. The molecule has 1 aromatic carbocycles. The van der Waals surface area contributed by atoms with E-state index in [2.05, 4.69) is 26.0 Å². The highest BCUT2D eigenvalue weighted by molar-refractivity contribution is 5.45. The third kappa shape index (κ3) is 2.26. The minimum atomic E-state index is 0.671. The van der Waals surface area contributed by atoms with Crippen molar-refractivity contribution in [3.63, 3.8) is 0 Å². The van der Waals surface area contributed by atoms with Gasteiger partial charge in [-0.1, -0.05) is 12.1 Å². The molecule has 0 amide bonds. The van der Waals surface area contributed by atoms with E-state index in [0.717, 1.165) is 12.2 Å². The van der Waals surface area contributed by atoms with Gasteiger partial charge in [-0.15, -0.1) is 0 Å². The number of benzene rings is 1. The fourth-order valence-electron chi connectivity index (χ4n) is 1.64. The normalized spacial score (nSPS) is 10.3. The van der Waals surface area contributed by atoms with E-state index < -0.39 is 0 Å². The lowest BCUT2D eigenvalue weighted by molar-refractivity contribution is 0.334. The minimum absolute atomic E-state index is 0.671. The van der Waals surface area contributed by atoms with E-state index in [0.29, 0.717) is 13.2 Å². The van der Waals surface area contributed by atoms with Crippen LogP contribution in [0.15, 0.2) is 12.1 Å². The molecule has 0 fully saturated rings. The van der Waals surface area contributed by atoms with Gasteiger partial charge in [-0.2, -0.15) is 0 Å². The van der Waals surface area contributed by atoms with Crippen molar-refractivity contribution in [1.29, 1.82) is 0 Å². The highest BCUT2D eigenvalue weighted by Crippen LogP contribution is 2.26. The number of aryl methyl sites for hydroxylation is 2. The lowest BCUT2D eigenvalue weighted by Gasteiger charge is -2.14. The van der Waals surface area contributed by atoms with Gasteiger partial charge in [-0.05, 0) is 50.4 Å². The van der Waals surface area contributed by atoms with Crippen molar-refractivity contribution < 1.29 is 4.74 Å². The molecule has 2 N–H and O–H groups in total. The summed E-state index contributed by atoms with van der Waals surface area (Å²) in [6.45, 7) is 7.57. The smallest absolute Gasteiger partial charge is 0.125 e. The van der Waals surface area contributed by atoms with Crippen molar-refractivity contribution in [1.82, 2.24) is 0 Å². The Bertz CT molecular complexity index is 276. The molecule has 1 rings (SSSR count). The van der Waals surface area contributed by atoms with Gasteiger partial charge in [0.2, 0.25) is 0 Å². The van der Waals surface area contributed by atoms with Gasteiger partial charge in [-0.25, -0.2) is 0 Å². The third-order valence-electron chi connectivity index (χ3n) is 2.37. The van der Waals surface area contributed by atoms with Crippen LogP contribution < -0.4 is 10.5 Å². The van der Waals surface area contributed by atoms with E-state index in [4.69, 9.17) is 10.5 Å². The van der Waals surface area contributed by atoms with Crippen LogP contribution in [0.3, 0.4) is 0 Å². The van der Waals surface area contributed by atoms with Gasteiger partial charge >= 0.3 is 0 Å². The molecule has 2 heteroatoms. The maximum absolute atomic E-state index is 5.65. The van der Waals surface area contributed by atoms with Crippen LogP contribution >= 0.6 is 0 Å². The molecule has 1 aromatic rings. The molecule has 0 saturated heterocycles. The molecule has 0 spiro atoms. The predicted octanol–water partition coefficient (Wildman–Crippen LogP) is 2.20. The number of nitrogens with two attached hydrogens (primary N) is 1. The summed E-state index contributed by atoms with van der Waals surface area (Å²) in [6.07, 6.45) is 0.892. The van der Waals surface area contributed by atoms with Gasteiger partial charge in [0.25, 0.3) is 0 Å².